The van der Waals surface area contributed by atoms with Gasteiger partial charge in [-0.1, -0.05) is 37.1 Å². The number of nitro groups is 1. The maximum atomic E-state index is 12.4. The lowest BCUT2D eigenvalue weighted by Crippen LogP contribution is -2.30. The van der Waals surface area contributed by atoms with Crippen LogP contribution in [0.4, 0.5) is 5.69 Å². The molecule has 0 saturated carbocycles. The van der Waals surface area contributed by atoms with E-state index in [1.165, 1.54) is 68.2 Å². The van der Waals surface area contributed by atoms with Gasteiger partial charge in [0.15, 0.2) is 0 Å². The number of hydrogen-bond acceptors (Lipinski definition) is 5. The number of hydrogen-bond donors (Lipinski definition) is 1. The standard InChI is InChI=1S/C23H29N3O3S/c1-18(30-22-12-10-21(11-13-22)26(28)29)23(27)24-16-19-6-8-20(9-7-19)17-25-14-4-2-3-5-15-25/h6-13,18H,2-5,14-17H2,1H3,(H,24,27). The Kier molecular flexibility index (Phi) is 8.28. The molecule has 160 valence electrons. The number of rotatable bonds is 8. The molecule has 3 rings (SSSR count). The summed E-state index contributed by atoms with van der Waals surface area (Å²) in [6, 6.07) is 14.7. The van der Waals surface area contributed by atoms with E-state index in [9.17, 15) is 14.9 Å². The first-order valence-corrected chi connectivity index (χ1v) is 11.4. The van der Waals surface area contributed by atoms with Crippen LogP contribution in [0.2, 0.25) is 0 Å². The highest BCUT2D eigenvalue weighted by Gasteiger charge is 2.15. The van der Waals surface area contributed by atoms with Crippen molar-refractivity contribution in [2.45, 2.75) is 55.8 Å². The topological polar surface area (TPSA) is 75.5 Å². The molecule has 2 aromatic carbocycles. The van der Waals surface area contributed by atoms with E-state index in [-0.39, 0.29) is 16.8 Å². The molecule has 0 bridgehead atoms. The zero-order valence-electron chi connectivity index (χ0n) is 17.4. The number of amides is 1. The van der Waals surface area contributed by atoms with Gasteiger partial charge in [-0.05, 0) is 56.1 Å². The van der Waals surface area contributed by atoms with Crippen molar-refractivity contribution in [3.8, 4) is 0 Å². The van der Waals surface area contributed by atoms with Crippen LogP contribution in [0.3, 0.4) is 0 Å². The molecule has 1 amide bonds. The van der Waals surface area contributed by atoms with Gasteiger partial charge in [0.2, 0.25) is 5.91 Å². The molecule has 1 saturated heterocycles. The molecule has 0 spiro atoms. The predicted molar refractivity (Wildman–Crippen MR) is 120 cm³/mol. The van der Waals surface area contributed by atoms with Crippen LogP contribution < -0.4 is 5.32 Å². The molecule has 0 aliphatic carbocycles. The van der Waals surface area contributed by atoms with Crippen molar-refractivity contribution >= 4 is 23.4 Å². The van der Waals surface area contributed by atoms with E-state index in [1.54, 1.807) is 12.1 Å². The van der Waals surface area contributed by atoms with Gasteiger partial charge < -0.3 is 5.32 Å². The van der Waals surface area contributed by atoms with E-state index in [4.69, 9.17) is 0 Å². The fraction of sp³-hybridized carbons (Fsp3) is 0.435. The van der Waals surface area contributed by atoms with Crippen LogP contribution in [0.1, 0.15) is 43.7 Å². The van der Waals surface area contributed by atoms with E-state index in [2.05, 4.69) is 34.5 Å². The second kappa shape index (κ2) is 11.1. The molecule has 1 aliphatic heterocycles. The van der Waals surface area contributed by atoms with Gasteiger partial charge in [-0.25, -0.2) is 0 Å². The van der Waals surface area contributed by atoms with Crippen LogP contribution in [0.25, 0.3) is 0 Å². The molecule has 0 aromatic heterocycles. The van der Waals surface area contributed by atoms with Crippen molar-refractivity contribution in [2.75, 3.05) is 13.1 Å². The molecule has 1 aliphatic rings. The normalized spacial score (nSPS) is 15.9. The quantitative estimate of drug-likeness (QED) is 0.373. The van der Waals surface area contributed by atoms with Crippen LogP contribution in [-0.4, -0.2) is 34.1 Å². The average molecular weight is 428 g/mol. The average Bonchev–Trinajstić information content (AvgIpc) is 3.02. The predicted octanol–water partition coefficient (Wildman–Crippen LogP) is 4.77. The summed E-state index contributed by atoms with van der Waals surface area (Å²) in [5.74, 6) is -0.0491. The lowest BCUT2D eigenvalue weighted by Gasteiger charge is -2.20. The number of nitro benzene ring substituents is 1. The van der Waals surface area contributed by atoms with Gasteiger partial charge in [-0.15, -0.1) is 11.8 Å². The summed E-state index contributed by atoms with van der Waals surface area (Å²) in [6.07, 6.45) is 5.27. The Balaban J connectivity index is 1.44. The largest absolute Gasteiger partial charge is 0.351 e. The Morgan fingerprint density at radius 2 is 1.63 bits per heavy atom. The maximum absolute atomic E-state index is 12.4. The summed E-state index contributed by atoms with van der Waals surface area (Å²) < 4.78 is 0. The molecule has 1 N–H and O–H groups in total. The number of carbonyl (C=O) groups is 1. The third-order valence-corrected chi connectivity index (χ3v) is 6.44. The summed E-state index contributed by atoms with van der Waals surface area (Å²) in [5, 5.41) is 13.4. The summed E-state index contributed by atoms with van der Waals surface area (Å²) in [4.78, 5) is 26.1. The third-order valence-electron chi connectivity index (χ3n) is 5.32. The van der Waals surface area contributed by atoms with E-state index < -0.39 is 4.92 Å². The van der Waals surface area contributed by atoms with E-state index in [0.717, 1.165) is 17.0 Å². The molecule has 1 heterocycles. The van der Waals surface area contributed by atoms with Crippen molar-refractivity contribution in [2.24, 2.45) is 0 Å². The number of nitrogens with one attached hydrogen (secondary N) is 1. The summed E-state index contributed by atoms with van der Waals surface area (Å²) >= 11 is 1.39. The van der Waals surface area contributed by atoms with Crippen molar-refractivity contribution in [3.05, 3.63) is 69.8 Å². The highest BCUT2D eigenvalue weighted by Crippen LogP contribution is 2.25. The Morgan fingerprint density at radius 3 is 2.23 bits per heavy atom. The van der Waals surface area contributed by atoms with Crippen molar-refractivity contribution < 1.29 is 9.72 Å². The van der Waals surface area contributed by atoms with Gasteiger partial charge >= 0.3 is 0 Å². The zero-order valence-corrected chi connectivity index (χ0v) is 18.2. The van der Waals surface area contributed by atoms with Gasteiger partial charge in [-0.3, -0.25) is 19.8 Å². The minimum Gasteiger partial charge on any atom is -0.351 e. The maximum Gasteiger partial charge on any atom is 0.269 e. The molecule has 1 unspecified atom stereocenters. The number of non-ortho nitro benzene ring substituents is 1. The molecular formula is C23H29N3O3S. The SMILES string of the molecule is CC(Sc1ccc([N+](=O)[O-])cc1)C(=O)NCc1ccc(CN2CCCCCC2)cc1. The van der Waals surface area contributed by atoms with Crippen LogP contribution in [-0.2, 0) is 17.9 Å². The van der Waals surface area contributed by atoms with Gasteiger partial charge in [0, 0.05) is 30.1 Å². The molecule has 1 atom stereocenters. The van der Waals surface area contributed by atoms with Gasteiger partial charge in [0.25, 0.3) is 5.69 Å². The Labute approximate surface area is 182 Å². The minimum absolute atomic E-state index is 0.0491. The van der Waals surface area contributed by atoms with E-state index >= 15 is 0 Å². The smallest absolute Gasteiger partial charge is 0.269 e. The highest BCUT2D eigenvalue weighted by molar-refractivity contribution is 8.00. The number of benzene rings is 2. The number of nitrogens with zero attached hydrogens (tertiary/aromatic N) is 2. The van der Waals surface area contributed by atoms with Crippen molar-refractivity contribution in [1.29, 1.82) is 0 Å². The van der Waals surface area contributed by atoms with Crippen molar-refractivity contribution in [3.63, 3.8) is 0 Å². The third kappa shape index (κ3) is 6.85. The van der Waals surface area contributed by atoms with E-state index in [0.29, 0.717) is 6.54 Å². The first kappa shape index (κ1) is 22.3. The number of carbonyl (C=O) groups excluding carboxylic acids is 1. The Bertz CT molecular complexity index is 832. The zero-order chi connectivity index (χ0) is 21.3. The van der Waals surface area contributed by atoms with Gasteiger partial charge in [-0.2, -0.15) is 0 Å². The molecule has 6 nitrogen and oxygen atoms in total. The first-order valence-electron chi connectivity index (χ1n) is 10.5. The Morgan fingerprint density at radius 1 is 1.03 bits per heavy atom. The minimum atomic E-state index is -0.427. The van der Waals surface area contributed by atoms with Crippen LogP contribution in [0.15, 0.2) is 53.4 Å². The summed E-state index contributed by atoms with van der Waals surface area (Å²) in [6.45, 7) is 5.69. The molecule has 30 heavy (non-hydrogen) atoms. The van der Waals surface area contributed by atoms with Crippen LogP contribution in [0, 0.1) is 10.1 Å². The molecule has 7 heteroatoms. The van der Waals surface area contributed by atoms with Gasteiger partial charge in [0.1, 0.15) is 0 Å². The summed E-state index contributed by atoms with van der Waals surface area (Å²) in [7, 11) is 0. The number of likely N-dealkylation sites (tertiary alicyclic amines) is 1. The molecule has 1 fully saturated rings. The van der Waals surface area contributed by atoms with E-state index in [1.807, 2.05) is 6.92 Å². The van der Waals surface area contributed by atoms with Crippen LogP contribution >= 0.6 is 11.8 Å². The first-order chi connectivity index (χ1) is 14.5. The molecule has 0 radical (unpaired) electrons. The fourth-order valence-corrected chi connectivity index (χ4v) is 4.44. The lowest BCUT2D eigenvalue weighted by molar-refractivity contribution is -0.384. The van der Waals surface area contributed by atoms with Crippen LogP contribution in [0.5, 0.6) is 0 Å². The van der Waals surface area contributed by atoms with Gasteiger partial charge in [0.05, 0.1) is 10.2 Å². The second-order valence-electron chi connectivity index (χ2n) is 7.74. The summed E-state index contributed by atoms with van der Waals surface area (Å²) in [5.41, 5.74) is 2.44. The van der Waals surface area contributed by atoms with Crippen molar-refractivity contribution in [1.82, 2.24) is 10.2 Å². The Hall–Kier alpha value is -2.38. The fourth-order valence-electron chi connectivity index (χ4n) is 3.55. The lowest BCUT2D eigenvalue weighted by atomic mass is 10.1. The number of thioether (sulfide) groups is 1. The highest BCUT2D eigenvalue weighted by atomic mass is 32.2. The molecular weight excluding hydrogens is 398 g/mol. The second-order valence-corrected chi connectivity index (χ2v) is 9.15. The molecule has 2 aromatic rings. The monoisotopic (exact) mass is 427 g/mol.